The van der Waals surface area contributed by atoms with E-state index in [-0.39, 0.29) is 11.3 Å². The minimum atomic E-state index is -4.89. The van der Waals surface area contributed by atoms with Crippen molar-refractivity contribution in [1.29, 1.82) is 0 Å². The number of carboxylic acid groups (broad SMARTS) is 1. The number of hydrogen-bond acceptors (Lipinski definition) is 4. The van der Waals surface area contributed by atoms with Crippen LogP contribution in [0.4, 0.5) is 13.2 Å². The predicted molar refractivity (Wildman–Crippen MR) is 109 cm³/mol. The summed E-state index contributed by atoms with van der Waals surface area (Å²) in [4.78, 5) is 23.7. The molecular weight excluding hydrogens is 417 g/mol. The highest BCUT2D eigenvalue weighted by Gasteiger charge is 2.36. The van der Waals surface area contributed by atoms with Gasteiger partial charge in [-0.3, -0.25) is 9.59 Å². The highest BCUT2D eigenvalue weighted by atomic mass is 28.3. The lowest BCUT2D eigenvalue weighted by Crippen LogP contribution is -2.32. The van der Waals surface area contributed by atoms with E-state index >= 15 is 0 Å². The normalized spacial score (nSPS) is 13.3. The van der Waals surface area contributed by atoms with Gasteiger partial charge in [-0.05, 0) is 24.6 Å². The standard InChI is InChI=1S/C20H25F3N2O4Si/c1-13(19(27)28)14-7-5-6-8-15(14)17-11-16(20(21,22)23)18(26)25(24-17)12-29-9-10-30(2,3)4/h5-8,11,13H,9-10,12H2,1-4H3,(H,27,28). The van der Waals surface area contributed by atoms with Gasteiger partial charge in [0.25, 0.3) is 5.56 Å². The van der Waals surface area contributed by atoms with E-state index in [0.29, 0.717) is 22.9 Å². The van der Waals surface area contributed by atoms with Crippen LogP contribution in [0.25, 0.3) is 11.3 Å². The molecule has 1 unspecified atom stereocenters. The summed E-state index contributed by atoms with van der Waals surface area (Å²) < 4.78 is 46.5. The molecule has 0 aliphatic carbocycles. The molecule has 0 radical (unpaired) electrons. The maximum Gasteiger partial charge on any atom is 0.421 e. The zero-order valence-corrected chi connectivity index (χ0v) is 18.3. The second kappa shape index (κ2) is 9.13. The van der Waals surface area contributed by atoms with E-state index in [1.54, 1.807) is 12.1 Å². The maximum atomic E-state index is 13.5. The maximum absolute atomic E-state index is 13.5. The van der Waals surface area contributed by atoms with E-state index in [0.717, 1.165) is 6.04 Å². The largest absolute Gasteiger partial charge is 0.481 e. The third-order valence-electron chi connectivity index (χ3n) is 4.56. The van der Waals surface area contributed by atoms with Crippen LogP contribution >= 0.6 is 0 Å². The summed E-state index contributed by atoms with van der Waals surface area (Å²) in [5.74, 6) is -2.09. The average Bonchev–Trinajstić information content (AvgIpc) is 2.64. The molecule has 6 nitrogen and oxygen atoms in total. The van der Waals surface area contributed by atoms with Crippen LogP contribution < -0.4 is 5.56 Å². The Labute approximate surface area is 173 Å². The molecule has 1 heterocycles. The summed E-state index contributed by atoms with van der Waals surface area (Å²) in [6.45, 7) is 7.71. The lowest BCUT2D eigenvalue weighted by molar-refractivity contribution is -0.140. The monoisotopic (exact) mass is 442 g/mol. The summed E-state index contributed by atoms with van der Waals surface area (Å²) in [6, 6.07) is 7.61. The summed E-state index contributed by atoms with van der Waals surface area (Å²) in [5, 5.41) is 13.4. The molecule has 164 valence electrons. The molecule has 30 heavy (non-hydrogen) atoms. The van der Waals surface area contributed by atoms with Gasteiger partial charge in [0.1, 0.15) is 12.3 Å². The van der Waals surface area contributed by atoms with Crippen molar-refractivity contribution in [2.75, 3.05) is 6.61 Å². The quantitative estimate of drug-likeness (QED) is 0.483. The Kier molecular flexibility index (Phi) is 7.25. The number of carbonyl (C=O) groups is 1. The molecule has 1 aromatic heterocycles. The SMILES string of the molecule is CC(C(=O)O)c1ccccc1-c1cc(C(F)(F)F)c(=O)n(COCC[Si](C)(C)C)n1. The van der Waals surface area contributed by atoms with Crippen molar-refractivity contribution in [3.05, 3.63) is 51.8 Å². The molecule has 2 aromatic rings. The van der Waals surface area contributed by atoms with Crippen LogP contribution in [0.5, 0.6) is 0 Å². The molecule has 0 spiro atoms. The highest BCUT2D eigenvalue weighted by molar-refractivity contribution is 6.76. The van der Waals surface area contributed by atoms with Gasteiger partial charge in [-0.2, -0.15) is 18.3 Å². The first-order valence-electron chi connectivity index (χ1n) is 9.40. The zero-order valence-electron chi connectivity index (χ0n) is 17.3. The molecule has 1 atom stereocenters. The Morgan fingerprint density at radius 3 is 2.47 bits per heavy atom. The predicted octanol–water partition coefficient (Wildman–Crippen LogP) is 4.43. The Bertz CT molecular complexity index is 968. The number of nitrogens with zero attached hydrogens (tertiary/aromatic N) is 2. The molecule has 0 aliphatic heterocycles. The molecule has 0 bridgehead atoms. The number of aromatic nitrogens is 2. The van der Waals surface area contributed by atoms with Crippen molar-refractivity contribution < 1.29 is 27.8 Å². The molecule has 1 aromatic carbocycles. The van der Waals surface area contributed by atoms with Crippen LogP contribution in [-0.4, -0.2) is 35.5 Å². The van der Waals surface area contributed by atoms with Crippen molar-refractivity contribution in [3.63, 3.8) is 0 Å². The second-order valence-corrected chi connectivity index (χ2v) is 13.9. The van der Waals surface area contributed by atoms with Gasteiger partial charge in [0.15, 0.2) is 0 Å². The van der Waals surface area contributed by atoms with Gasteiger partial charge in [0, 0.05) is 20.2 Å². The van der Waals surface area contributed by atoms with Gasteiger partial charge in [0.05, 0.1) is 11.6 Å². The molecule has 0 saturated carbocycles. The number of rotatable bonds is 8. The first kappa shape index (κ1) is 23.8. The number of alkyl halides is 3. The zero-order chi connectivity index (χ0) is 22.7. The Hall–Kier alpha value is -2.46. The van der Waals surface area contributed by atoms with Gasteiger partial charge in [-0.15, -0.1) is 0 Å². The fourth-order valence-corrected chi connectivity index (χ4v) is 3.49. The molecule has 0 fully saturated rings. The minimum absolute atomic E-state index is 0.139. The van der Waals surface area contributed by atoms with E-state index < -0.39 is 44.0 Å². The topological polar surface area (TPSA) is 81.4 Å². The van der Waals surface area contributed by atoms with Gasteiger partial charge in [-0.25, -0.2) is 4.68 Å². The Balaban J connectivity index is 2.52. The minimum Gasteiger partial charge on any atom is -0.481 e. The van der Waals surface area contributed by atoms with Crippen molar-refractivity contribution in [1.82, 2.24) is 9.78 Å². The van der Waals surface area contributed by atoms with Crippen LogP contribution in [0.3, 0.4) is 0 Å². The number of aliphatic carboxylic acids is 1. The number of benzene rings is 1. The van der Waals surface area contributed by atoms with Gasteiger partial charge in [0.2, 0.25) is 0 Å². The van der Waals surface area contributed by atoms with Crippen molar-refractivity contribution in [2.24, 2.45) is 0 Å². The molecule has 0 saturated heterocycles. The van der Waals surface area contributed by atoms with Crippen LogP contribution in [0.15, 0.2) is 35.1 Å². The first-order valence-corrected chi connectivity index (χ1v) is 13.1. The van der Waals surface area contributed by atoms with Crippen molar-refractivity contribution >= 4 is 14.0 Å². The number of halogens is 3. The summed E-state index contributed by atoms with van der Waals surface area (Å²) in [6.07, 6.45) is -4.89. The second-order valence-electron chi connectivity index (χ2n) is 8.24. The lowest BCUT2D eigenvalue weighted by Gasteiger charge is -2.17. The van der Waals surface area contributed by atoms with E-state index in [1.807, 2.05) is 0 Å². The van der Waals surface area contributed by atoms with Crippen LogP contribution in [-0.2, 0) is 22.4 Å². The number of hydrogen-bond donors (Lipinski definition) is 1. The molecular formula is C20H25F3N2O4Si. The fourth-order valence-electron chi connectivity index (χ4n) is 2.73. The smallest absolute Gasteiger partial charge is 0.421 e. The van der Waals surface area contributed by atoms with E-state index in [1.165, 1.54) is 19.1 Å². The molecule has 2 rings (SSSR count). The van der Waals surface area contributed by atoms with Gasteiger partial charge < -0.3 is 9.84 Å². The fraction of sp³-hybridized carbons (Fsp3) is 0.450. The van der Waals surface area contributed by atoms with Crippen LogP contribution in [0.1, 0.15) is 24.0 Å². The average molecular weight is 443 g/mol. The van der Waals surface area contributed by atoms with Crippen molar-refractivity contribution in [2.45, 2.75) is 51.4 Å². The number of carboxylic acids is 1. The molecule has 0 amide bonds. The lowest BCUT2D eigenvalue weighted by atomic mass is 9.93. The van der Waals surface area contributed by atoms with E-state index in [4.69, 9.17) is 4.74 Å². The van der Waals surface area contributed by atoms with E-state index in [9.17, 15) is 27.9 Å². The highest BCUT2D eigenvalue weighted by Crippen LogP contribution is 2.32. The van der Waals surface area contributed by atoms with Gasteiger partial charge >= 0.3 is 12.1 Å². The van der Waals surface area contributed by atoms with Crippen molar-refractivity contribution in [3.8, 4) is 11.3 Å². The summed E-state index contributed by atoms with van der Waals surface area (Å²) >= 11 is 0. The Morgan fingerprint density at radius 2 is 1.90 bits per heavy atom. The molecule has 1 N–H and O–H groups in total. The summed E-state index contributed by atoms with van der Waals surface area (Å²) in [5.41, 5.74) is -2.30. The van der Waals surface area contributed by atoms with Crippen LogP contribution in [0, 0.1) is 0 Å². The molecule has 0 aliphatic rings. The Morgan fingerprint density at radius 1 is 1.27 bits per heavy atom. The third-order valence-corrected chi connectivity index (χ3v) is 6.27. The van der Waals surface area contributed by atoms with Gasteiger partial charge in [-0.1, -0.05) is 43.9 Å². The first-order chi connectivity index (χ1) is 13.8. The summed E-state index contributed by atoms with van der Waals surface area (Å²) in [7, 11) is -1.41. The number of ether oxygens (including phenoxy) is 1. The van der Waals surface area contributed by atoms with Crippen LogP contribution in [0.2, 0.25) is 25.7 Å². The van der Waals surface area contributed by atoms with E-state index in [2.05, 4.69) is 24.7 Å². The molecule has 10 heteroatoms. The third kappa shape index (κ3) is 6.02.